The smallest absolute Gasteiger partial charge is 0.252 e. The summed E-state index contributed by atoms with van der Waals surface area (Å²) in [5.74, 6) is -0.0238. The number of carbonyl (C=O) groups is 1. The van der Waals surface area contributed by atoms with Gasteiger partial charge in [0, 0.05) is 4.88 Å². The molecule has 2 atom stereocenters. The van der Waals surface area contributed by atoms with Crippen molar-refractivity contribution in [1.82, 2.24) is 5.32 Å². The molecule has 0 saturated carbocycles. The Morgan fingerprint density at radius 1 is 1.17 bits per heavy atom. The Morgan fingerprint density at radius 2 is 2.00 bits per heavy atom. The number of thiophene rings is 1. The maximum absolute atomic E-state index is 11.5. The second-order valence-electron chi connectivity index (χ2n) is 4.22. The molecule has 0 aliphatic carbocycles. The van der Waals surface area contributed by atoms with E-state index >= 15 is 0 Å². The molecule has 4 heteroatoms. The van der Waals surface area contributed by atoms with Crippen molar-refractivity contribution in [3.63, 3.8) is 0 Å². The van der Waals surface area contributed by atoms with Crippen LogP contribution in [0.4, 0.5) is 0 Å². The van der Waals surface area contributed by atoms with E-state index in [1.54, 1.807) is 11.3 Å². The van der Waals surface area contributed by atoms with Gasteiger partial charge >= 0.3 is 0 Å². The predicted octanol–water partition coefficient (Wildman–Crippen LogP) is 2.50. The lowest BCUT2D eigenvalue weighted by Crippen LogP contribution is -2.56. The van der Waals surface area contributed by atoms with Crippen LogP contribution in [0.1, 0.15) is 16.5 Å². The Hall–Kier alpha value is -1.65. The Labute approximate surface area is 109 Å². The van der Waals surface area contributed by atoms with Crippen LogP contribution in [-0.2, 0) is 16.1 Å². The van der Waals surface area contributed by atoms with Crippen molar-refractivity contribution in [1.29, 1.82) is 0 Å². The Morgan fingerprint density at radius 3 is 2.67 bits per heavy atom. The van der Waals surface area contributed by atoms with E-state index in [1.165, 1.54) is 0 Å². The molecule has 1 aliphatic heterocycles. The van der Waals surface area contributed by atoms with Gasteiger partial charge in [0.05, 0.1) is 12.6 Å². The fourth-order valence-corrected chi connectivity index (χ4v) is 2.79. The third kappa shape index (κ3) is 2.17. The first-order chi connectivity index (χ1) is 8.84. The minimum atomic E-state index is -0.358. The van der Waals surface area contributed by atoms with E-state index < -0.39 is 0 Å². The largest absolute Gasteiger partial charge is 0.361 e. The Bertz CT molecular complexity index is 524. The van der Waals surface area contributed by atoms with Crippen molar-refractivity contribution in [3.8, 4) is 0 Å². The highest BCUT2D eigenvalue weighted by atomic mass is 32.1. The molecule has 2 aromatic rings. The van der Waals surface area contributed by atoms with Crippen LogP contribution in [-0.4, -0.2) is 12.0 Å². The molecule has 1 N–H and O–H groups in total. The monoisotopic (exact) mass is 259 g/mol. The first-order valence-electron chi connectivity index (χ1n) is 5.84. The first kappa shape index (κ1) is 11.4. The number of hydrogen-bond acceptors (Lipinski definition) is 3. The third-order valence-corrected chi connectivity index (χ3v) is 3.94. The highest BCUT2D eigenvalue weighted by Gasteiger charge is 2.41. The lowest BCUT2D eigenvalue weighted by Gasteiger charge is -2.35. The summed E-state index contributed by atoms with van der Waals surface area (Å²) < 4.78 is 5.71. The van der Waals surface area contributed by atoms with Crippen molar-refractivity contribution >= 4 is 17.2 Å². The summed E-state index contributed by atoms with van der Waals surface area (Å²) in [6, 6.07) is 13.9. The van der Waals surface area contributed by atoms with Crippen molar-refractivity contribution < 1.29 is 9.53 Å². The zero-order valence-electron chi connectivity index (χ0n) is 9.71. The summed E-state index contributed by atoms with van der Waals surface area (Å²) in [6.45, 7) is 0.473. The van der Waals surface area contributed by atoms with Crippen LogP contribution in [0.2, 0.25) is 0 Å². The van der Waals surface area contributed by atoms with Gasteiger partial charge in [0.25, 0.3) is 5.91 Å². The van der Waals surface area contributed by atoms with E-state index in [2.05, 4.69) is 5.32 Å². The van der Waals surface area contributed by atoms with Crippen LogP contribution >= 0.6 is 11.3 Å². The molecular weight excluding hydrogens is 246 g/mol. The lowest BCUT2D eigenvalue weighted by molar-refractivity contribution is -0.149. The van der Waals surface area contributed by atoms with Gasteiger partial charge in [-0.05, 0) is 17.0 Å². The number of nitrogens with one attached hydrogen (secondary N) is 1. The molecule has 2 heterocycles. The van der Waals surface area contributed by atoms with E-state index in [0.29, 0.717) is 6.61 Å². The molecule has 1 amide bonds. The van der Waals surface area contributed by atoms with Crippen molar-refractivity contribution in [2.45, 2.75) is 18.8 Å². The fraction of sp³-hybridized carbons (Fsp3) is 0.214. The maximum Gasteiger partial charge on any atom is 0.252 e. The molecule has 0 spiro atoms. The third-order valence-electron chi connectivity index (χ3n) is 2.98. The normalized spacial score (nSPS) is 22.3. The van der Waals surface area contributed by atoms with E-state index in [-0.39, 0.29) is 18.1 Å². The molecule has 1 saturated heterocycles. The average Bonchev–Trinajstić information content (AvgIpc) is 2.90. The van der Waals surface area contributed by atoms with Crippen LogP contribution in [0.15, 0.2) is 47.8 Å². The van der Waals surface area contributed by atoms with E-state index in [0.717, 1.165) is 10.4 Å². The predicted molar refractivity (Wildman–Crippen MR) is 70.2 cm³/mol. The second-order valence-corrected chi connectivity index (χ2v) is 5.20. The molecule has 18 heavy (non-hydrogen) atoms. The molecule has 3 rings (SSSR count). The van der Waals surface area contributed by atoms with E-state index in [1.807, 2.05) is 47.8 Å². The van der Waals surface area contributed by atoms with Gasteiger partial charge in [-0.15, -0.1) is 11.3 Å². The van der Waals surface area contributed by atoms with Gasteiger partial charge in [-0.3, -0.25) is 4.79 Å². The van der Waals surface area contributed by atoms with Gasteiger partial charge in [0.1, 0.15) is 0 Å². The summed E-state index contributed by atoms with van der Waals surface area (Å²) in [5, 5.41) is 4.89. The maximum atomic E-state index is 11.5. The van der Waals surface area contributed by atoms with Gasteiger partial charge < -0.3 is 10.1 Å². The van der Waals surface area contributed by atoms with Crippen LogP contribution in [0.5, 0.6) is 0 Å². The minimum Gasteiger partial charge on any atom is -0.361 e. The number of ether oxygens (including phenoxy) is 1. The zero-order valence-corrected chi connectivity index (χ0v) is 10.5. The fourth-order valence-electron chi connectivity index (χ4n) is 1.99. The van der Waals surface area contributed by atoms with Gasteiger partial charge in [-0.1, -0.05) is 36.4 Å². The summed E-state index contributed by atoms with van der Waals surface area (Å²) in [5.41, 5.74) is 1.09. The first-order valence-corrected chi connectivity index (χ1v) is 6.72. The van der Waals surface area contributed by atoms with Crippen LogP contribution in [0, 0.1) is 0 Å². The number of benzene rings is 1. The SMILES string of the molecule is O=C1N[C@@H](c2cccs2)[C@H]1OCc1ccccc1. The molecule has 0 radical (unpaired) electrons. The number of amides is 1. The van der Waals surface area contributed by atoms with E-state index in [4.69, 9.17) is 4.74 Å². The number of carbonyl (C=O) groups excluding carboxylic acids is 1. The number of rotatable bonds is 4. The van der Waals surface area contributed by atoms with Crippen molar-refractivity contribution in [3.05, 3.63) is 58.3 Å². The Balaban J connectivity index is 1.63. The Kier molecular flexibility index (Phi) is 3.13. The van der Waals surface area contributed by atoms with Gasteiger partial charge in [0.15, 0.2) is 6.10 Å². The highest BCUT2D eigenvalue weighted by molar-refractivity contribution is 7.10. The minimum absolute atomic E-state index is 0.0150. The van der Waals surface area contributed by atoms with Crippen molar-refractivity contribution in [2.24, 2.45) is 0 Å². The molecule has 0 bridgehead atoms. The molecular formula is C14H13NO2S. The van der Waals surface area contributed by atoms with Crippen LogP contribution < -0.4 is 5.32 Å². The molecule has 1 aromatic carbocycles. The van der Waals surface area contributed by atoms with Gasteiger partial charge in [-0.2, -0.15) is 0 Å². The quantitative estimate of drug-likeness (QED) is 0.857. The molecule has 1 aromatic heterocycles. The lowest BCUT2D eigenvalue weighted by atomic mass is 10.0. The molecule has 1 aliphatic rings. The molecule has 1 fully saturated rings. The molecule has 3 nitrogen and oxygen atoms in total. The van der Waals surface area contributed by atoms with Gasteiger partial charge in [-0.25, -0.2) is 0 Å². The van der Waals surface area contributed by atoms with Crippen LogP contribution in [0.25, 0.3) is 0 Å². The number of β-lactam (4-membered cyclic amide) rings is 1. The topological polar surface area (TPSA) is 38.3 Å². The zero-order chi connectivity index (χ0) is 12.4. The highest BCUT2D eigenvalue weighted by Crippen LogP contribution is 2.30. The summed E-state index contributed by atoms with van der Waals surface area (Å²) in [6.07, 6.45) is -0.358. The summed E-state index contributed by atoms with van der Waals surface area (Å²) in [4.78, 5) is 12.7. The van der Waals surface area contributed by atoms with Crippen LogP contribution in [0.3, 0.4) is 0 Å². The summed E-state index contributed by atoms with van der Waals surface area (Å²) >= 11 is 1.64. The molecule has 92 valence electrons. The average molecular weight is 259 g/mol. The second kappa shape index (κ2) is 4.92. The molecule has 0 unspecified atom stereocenters. The van der Waals surface area contributed by atoms with Gasteiger partial charge in [0.2, 0.25) is 0 Å². The number of hydrogen-bond donors (Lipinski definition) is 1. The summed E-state index contributed by atoms with van der Waals surface area (Å²) in [7, 11) is 0. The van der Waals surface area contributed by atoms with E-state index in [9.17, 15) is 4.79 Å². The van der Waals surface area contributed by atoms with Crippen molar-refractivity contribution in [2.75, 3.05) is 0 Å². The standard InChI is InChI=1S/C14H13NO2S/c16-14-13(12(15-14)11-7-4-8-18-11)17-9-10-5-2-1-3-6-10/h1-8,12-13H,9H2,(H,15,16)/t12-,13+/m0/s1.